The number of pyridine rings is 1. The number of nitrogens with zero attached hydrogens (tertiary/aromatic N) is 2. The SMILES string of the molecule is Cc1cc(C(F)F)nc(C)c1[N+](=O)[O-]. The van der Waals surface area contributed by atoms with Crippen LogP contribution < -0.4 is 0 Å². The standard InChI is InChI=1S/C8H8F2N2O2/c1-4-3-6(8(9)10)11-5(2)7(4)12(13)14/h3,8H,1-2H3. The molecule has 0 saturated carbocycles. The van der Waals surface area contributed by atoms with Crippen LogP contribution in [0.3, 0.4) is 0 Å². The number of rotatable bonds is 2. The quantitative estimate of drug-likeness (QED) is 0.547. The first-order chi connectivity index (χ1) is 6.43. The number of hydrogen-bond acceptors (Lipinski definition) is 3. The maximum atomic E-state index is 12.2. The minimum atomic E-state index is -2.70. The number of alkyl halides is 2. The molecule has 0 atom stereocenters. The smallest absolute Gasteiger partial charge is 0.258 e. The summed E-state index contributed by atoms with van der Waals surface area (Å²) in [6.45, 7) is 2.76. The first-order valence-electron chi connectivity index (χ1n) is 3.84. The van der Waals surface area contributed by atoms with E-state index in [1.165, 1.54) is 13.8 Å². The summed E-state index contributed by atoms with van der Waals surface area (Å²) in [7, 11) is 0. The van der Waals surface area contributed by atoms with Crippen LogP contribution in [0, 0.1) is 24.0 Å². The second-order valence-electron chi connectivity index (χ2n) is 2.86. The van der Waals surface area contributed by atoms with Crippen LogP contribution in [0.1, 0.15) is 23.4 Å². The molecule has 14 heavy (non-hydrogen) atoms. The summed E-state index contributed by atoms with van der Waals surface area (Å²) in [4.78, 5) is 13.3. The number of nitro groups is 1. The Bertz CT molecular complexity index is 357. The summed E-state index contributed by atoms with van der Waals surface area (Å²) in [6, 6.07) is 1.04. The molecule has 0 amide bonds. The van der Waals surface area contributed by atoms with E-state index in [0.717, 1.165) is 6.07 Å². The Morgan fingerprint density at radius 3 is 2.43 bits per heavy atom. The van der Waals surface area contributed by atoms with Crippen molar-refractivity contribution in [3.05, 3.63) is 33.1 Å². The molecule has 1 aromatic rings. The predicted molar refractivity (Wildman–Crippen MR) is 45.3 cm³/mol. The van der Waals surface area contributed by atoms with Gasteiger partial charge in [-0.15, -0.1) is 0 Å². The molecule has 0 N–H and O–H groups in total. The lowest BCUT2D eigenvalue weighted by Gasteiger charge is -2.04. The molecule has 0 fully saturated rings. The van der Waals surface area contributed by atoms with Crippen LogP contribution >= 0.6 is 0 Å². The van der Waals surface area contributed by atoms with Crippen LogP contribution in [0.15, 0.2) is 6.07 Å². The van der Waals surface area contributed by atoms with E-state index in [-0.39, 0.29) is 16.9 Å². The van der Waals surface area contributed by atoms with Gasteiger partial charge in [0, 0.05) is 5.56 Å². The van der Waals surface area contributed by atoms with Crippen molar-refractivity contribution in [2.24, 2.45) is 0 Å². The summed E-state index contributed by atoms with van der Waals surface area (Å²) in [5.74, 6) is 0. The van der Waals surface area contributed by atoms with E-state index in [4.69, 9.17) is 0 Å². The van der Waals surface area contributed by atoms with Crippen molar-refractivity contribution < 1.29 is 13.7 Å². The van der Waals surface area contributed by atoms with Crippen molar-refractivity contribution in [1.29, 1.82) is 0 Å². The maximum Gasteiger partial charge on any atom is 0.293 e. The number of aryl methyl sites for hydroxylation is 2. The molecule has 4 nitrogen and oxygen atoms in total. The molecule has 0 radical (unpaired) electrons. The first-order valence-corrected chi connectivity index (χ1v) is 3.84. The third-order valence-electron chi connectivity index (χ3n) is 1.78. The van der Waals surface area contributed by atoms with Gasteiger partial charge in [-0.05, 0) is 19.9 Å². The van der Waals surface area contributed by atoms with Crippen LogP contribution in [0.5, 0.6) is 0 Å². The lowest BCUT2D eigenvalue weighted by molar-refractivity contribution is -0.386. The van der Waals surface area contributed by atoms with Crippen LogP contribution in [-0.2, 0) is 0 Å². The van der Waals surface area contributed by atoms with Crippen molar-refractivity contribution in [3.63, 3.8) is 0 Å². The van der Waals surface area contributed by atoms with Gasteiger partial charge >= 0.3 is 0 Å². The highest BCUT2D eigenvalue weighted by Crippen LogP contribution is 2.25. The summed E-state index contributed by atoms with van der Waals surface area (Å²) in [5, 5.41) is 10.5. The Balaban J connectivity index is 3.32. The lowest BCUT2D eigenvalue weighted by Crippen LogP contribution is -2.01. The molecule has 1 heterocycles. The van der Waals surface area contributed by atoms with E-state index in [9.17, 15) is 18.9 Å². The topological polar surface area (TPSA) is 56.0 Å². The van der Waals surface area contributed by atoms with E-state index in [1.54, 1.807) is 0 Å². The van der Waals surface area contributed by atoms with E-state index < -0.39 is 17.0 Å². The lowest BCUT2D eigenvalue weighted by atomic mass is 10.1. The minimum absolute atomic E-state index is 0.0188. The van der Waals surface area contributed by atoms with Crippen LogP contribution in [0.2, 0.25) is 0 Å². The molecular weight excluding hydrogens is 194 g/mol. The molecule has 0 aliphatic heterocycles. The molecule has 0 aromatic carbocycles. The Labute approximate surface area is 78.7 Å². The Morgan fingerprint density at radius 2 is 2.07 bits per heavy atom. The molecule has 0 aliphatic rings. The van der Waals surface area contributed by atoms with Gasteiger partial charge in [0.15, 0.2) is 0 Å². The molecule has 1 aromatic heterocycles. The van der Waals surface area contributed by atoms with Crippen molar-refractivity contribution in [2.45, 2.75) is 20.3 Å². The third-order valence-corrected chi connectivity index (χ3v) is 1.78. The molecule has 0 unspecified atom stereocenters. The molecule has 0 spiro atoms. The zero-order valence-corrected chi connectivity index (χ0v) is 7.62. The number of hydrogen-bond donors (Lipinski definition) is 0. The van der Waals surface area contributed by atoms with Gasteiger partial charge in [0.25, 0.3) is 12.1 Å². The highest BCUT2D eigenvalue weighted by molar-refractivity contribution is 5.43. The summed E-state index contributed by atoms with van der Waals surface area (Å²) in [6.07, 6.45) is -2.70. The number of halogens is 2. The predicted octanol–water partition coefficient (Wildman–Crippen LogP) is 2.54. The van der Waals surface area contributed by atoms with Crippen LogP contribution in [-0.4, -0.2) is 9.91 Å². The summed E-state index contributed by atoms with van der Waals surface area (Å²) in [5.41, 5.74) is -0.400. The van der Waals surface area contributed by atoms with Crippen molar-refractivity contribution in [1.82, 2.24) is 4.98 Å². The van der Waals surface area contributed by atoms with Gasteiger partial charge in [-0.1, -0.05) is 0 Å². The number of aromatic nitrogens is 1. The average molecular weight is 202 g/mol. The van der Waals surface area contributed by atoms with Gasteiger partial charge in [0.05, 0.1) is 4.92 Å². The van der Waals surface area contributed by atoms with E-state index >= 15 is 0 Å². The van der Waals surface area contributed by atoms with Gasteiger partial charge < -0.3 is 0 Å². The Kier molecular flexibility index (Phi) is 2.73. The second-order valence-corrected chi connectivity index (χ2v) is 2.86. The molecule has 6 heteroatoms. The van der Waals surface area contributed by atoms with Gasteiger partial charge in [-0.2, -0.15) is 0 Å². The molecule has 0 aliphatic carbocycles. The largest absolute Gasteiger partial charge is 0.293 e. The maximum absolute atomic E-state index is 12.2. The normalized spacial score (nSPS) is 10.6. The van der Waals surface area contributed by atoms with Gasteiger partial charge in [0.2, 0.25) is 0 Å². The van der Waals surface area contributed by atoms with Crippen LogP contribution in [0.4, 0.5) is 14.5 Å². The van der Waals surface area contributed by atoms with Crippen molar-refractivity contribution in [3.8, 4) is 0 Å². The summed E-state index contributed by atoms with van der Waals surface area (Å²) >= 11 is 0. The molecule has 76 valence electrons. The van der Waals surface area contributed by atoms with E-state index in [0.29, 0.717) is 0 Å². The monoisotopic (exact) mass is 202 g/mol. The summed E-state index contributed by atoms with van der Waals surface area (Å²) < 4.78 is 24.5. The molecule has 0 bridgehead atoms. The van der Waals surface area contributed by atoms with Gasteiger partial charge in [0.1, 0.15) is 11.4 Å². The zero-order valence-electron chi connectivity index (χ0n) is 7.62. The third kappa shape index (κ3) is 1.84. The zero-order chi connectivity index (χ0) is 10.9. The fourth-order valence-corrected chi connectivity index (χ4v) is 1.24. The fourth-order valence-electron chi connectivity index (χ4n) is 1.24. The van der Waals surface area contributed by atoms with E-state index in [1.807, 2.05) is 0 Å². The minimum Gasteiger partial charge on any atom is -0.258 e. The Morgan fingerprint density at radius 1 is 1.50 bits per heavy atom. The highest BCUT2D eigenvalue weighted by atomic mass is 19.3. The second kappa shape index (κ2) is 3.65. The molecule has 0 saturated heterocycles. The van der Waals surface area contributed by atoms with E-state index in [2.05, 4.69) is 4.98 Å². The first kappa shape index (κ1) is 10.5. The fraction of sp³-hybridized carbons (Fsp3) is 0.375. The Hall–Kier alpha value is -1.59. The molecular formula is C8H8F2N2O2. The highest BCUT2D eigenvalue weighted by Gasteiger charge is 2.20. The van der Waals surface area contributed by atoms with Crippen molar-refractivity contribution in [2.75, 3.05) is 0 Å². The van der Waals surface area contributed by atoms with Crippen molar-refractivity contribution >= 4 is 5.69 Å². The van der Waals surface area contributed by atoms with Gasteiger partial charge in [-0.25, -0.2) is 13.8 Å². The van der Waals surface area contributed by atoms with Gasteiger partial charge in [-0.3, -0.25) is 10.1 Å². The average Bonchev–Trinajstić information content (AvgIpc) is 2.01. The van der Waals surface area contributed by atoms with Crippen LogP contribution in [0.25, 0.3) is 0 Å². The molecule has 1 rings (SSSR count).